The molecule has 0 aromatic heterocycles. The van der Waals surface area contributed by atoms with Crippen LogP contribution in [-0.4, -0.2) is 44.8 Å². The molecule has 0 unspecified atom stereocenters. The van der Waals surface area contributed by atoms with Crippen LogP contribution < -0.4 is 10.2 Å². The van der Waals surface area contributed by atoms with Crippen LogP contribution in [0.15, 0.2) is 30.3 Å². The van der Waals surface area contributed by atoms with Gasteiger partial charge >= 0.3 is 0 Å². The SMILES string of the molecule is C[C@H](C(=O)NCC1(c2ccccc2)CCOCC1)[NH+]1CCCCC1. The largest absolute Gasteiger partial charge is 0.381 e. The number of piperidine rings is 1. The molecular formula is C20H31N2O2+. The van der Waals surface area contributed by atoms with Crippen LogP contribution in [0, 0.1) is 0 Å². The highest BCUT2D eigenvalue weighted by atomic mass is 16.5. The number of nitrogens with one attached hydrogen (secondary N) is 2. The Hall–Kier alpha value is -1.39. The number of rotatable bonds is 5. The maximum Gasteiger partial charge on any atom is 0.278 e. The third-order valence-corrected chi connectivity index (χ3v) is 5.94. The Morgan fingerprint density at radius 3 is 2.50 bits per heavy atom. The zero-order chi connectivity index (χ0) is 16.8. The van der Waals surface area contributed by atoms with Crippen LogP contribution in [0.5, 0.6) is 0 Å². The molecule has 0 spiro atoms. The summed E-state index contributed by atoms with van der Waals surface area (Å²) >= 11 is 0. The first-order valence-corrected chi connectivity index (χ1v) is 9.47. The molecule has 0 aliphatic carbocycles. The van der Waals surface area contributed by atoms with Crippen molar-refractivity contribution in [3.63, 3.8) is 0 Å². The van der Waals surface area contributed by atoms with Crippen LogP contribution in [-0.2, 0) is 14.9 Å². The fourth-order valence-corrected chi connectivity index (χ4v) is 4.16. The minimum Gasteiger partial charge on any atom is -0.381 e. The molecule has 3 rings (SSSR count). The van der Waals surface area contributed by atoms with E-state index in [2.05, 4.69) is 42.6 Å². The van der Waals surface area contributed by atoms with Crippen LogP contribution in [0.2, 0.25) is 0 Å². The van der Waals surface area contributed by atoms with Crippen molar-refractivity contribution in [3.05, 3.63) is 35.9 Å². The molecule has 0 radical (unpaired) electrons. The third-order valence-electron chi connectivity index (χ3n) is 5.94. The van der Waals surface area contributed by atoms with Crippen LogP contribution in [0.1, 0.15) is 44.6 Å². The summed E-state index contributed by atoms with van der Waals surface area (Å²) in [5, 5.41) is 3.27. The average Bonchev–Trinajstić information content (AvgIpc) is 2.67. The molecule has 132 valence electrons. The van der Waals surface area contributed by atoms with E-state index in [0.29, 0.717) is 0 Å². The molecule has 2 aliphatic heterocycles. The smallest absolute Gasteiger partial charge is 0.278 e. The van der Waals surface area contributed by atoms with Gasteiger partial charge in [0.25, 0.3) is 5.91 Å². The number of benzene rings is 1. The number of hydrogen-bond donors (Lipinski definition) is 2. The second kappa shape index (κ2) is 8.13. The van der Waals surface area contributed by atoms with Gasteiger partial charge in [-0.3, -0.25) is 4.79 Å². The first kappa shape index (κ1) is 17.4. The Morgan fingerprint density at radius 2 is 1.83 bits per heavy atom. The Balaban J connectivity index is 1.64. The van der Waals surface area contributed by atoms with Crippen molar-refractivity contribution in [2.45, 2.75) is 50.5 Å². The second-order valence-corrected chi connectivity index (χ2v) is 7.42. The Bertz CT molecular complexity index is 520. The summed E-state index contributed by atoms with van der Waals surface area (Å²) in [4.78, 5) is 14.1. The number of amides is 1. The highest BCUT2D eigenvalue weighted by molar-refractivity contribution is 5.80. The van der Waals surface area contributed by atoms with Gasteiger partial charge in [0.2, 0.25) is 0 Å². The minimum absolute atomic E-state index is 0.0200. The fraction of sp³-hybridized carbons (Fsp3) is 0.650. The number of likely N-dealkylation sites (tertiary alicyclic amines) is 1. The van der Waals surface area contributed by atoms with E-state index in [9.17, 15) is 4.79 Å². The molecule has 0 bridgehead atoms. The predicted molar refractivity (Wildman–Crippen MR) is 95.2 cm³/mol. The van der Waals surface area contributed by atoms with Gasteiger partial charge in [-0.05, 0) is 44.6 Å². The molecule has 1 amide bonds. The van der Waals surface area contributed by atoms with Crippen LogP contribution in [0.25, 0.3) is 0 Å². The van der Waals surface area contributed by atoms with E-state index in [4.69, 9.17) is 4.74 Å². The molecule has 2 fully saturated rings. The first-order valence-electron chi connectivity index (χ1n) is 9.47. The van der Waals surface area contributed by atoms with Crippen molar-refractivity contribution in [3.8, 4) is 0 Å². The monoisotopic (exact) mass is 331 g/mol. The number of ether oxygens (including phenoxy) is 1. The number of hydrogen-bond acceptors (Lipinski definition) is 2. The van der Waals surface area contributed by atoms with Crippen LogP contribution in [0.3, 0.4) is 0 Å². The van der Waals surface area contributed by atoms with Crippen molar-refractivity contribution in [2.75, 3.05) is 32.8 Å². The van der Waals surface area contributed by atoms with Gasteiger partial charge in [-0.15, -0.1) is 0 Å². The predicted octanol–water partition coefficient (Wildman–Crippen LogP) is 1.31. The van der Waals surface area contributed by atoms with Gasteiger partial charge in [0.05, 0.1) is 13.1 Å². The summed E-state index contributed by atoms with van der Waals surface area (Å²) in [6.45, 7) is 6.61. The molecule has 2 aliphatic rings. The summed E-state index contributed by atoms with van der Waals surface area (Å²) in [6.07, 6.45) is 5.76. The van der Waals surface area contributed by atoms with E-state index in [1.54, 1.807) is 0 Å². The number of carbonyl (C=O) groups is 1. The van der Waals surface area contributed by atoms with Gasteiger partial charge in [0.1, 0.15) is 0 Å². The number of carbonyl (C=O) groups excluding carboxylic acids is 1. The molecule has 1 aromatic carbocycles. The fourth-order valence-electron chi connectivity index (χ4n) is 4.16. The third kappa shape index (κ3) is 3.98. The van der Waals surface area contributed by atoms with E-state index in [-0.39, 0.29) is 17.4 Å². The van der Waals surface area contributed by atoms with Crippen LogP contribution in [0.4, 0.5) is 0 Å². The summed E-state index contributed by atoms with van der Waals surface area (Å²) < 4.78 is 5.58. The molecule has 1 atom stereocenters. The van der Waals surface area contributed by atoms with Crippen molar-refractivity contribution >= 4 is 5.91 Å². The summed E-state index contributed by atoms with van der Waals surface area (Å²) in [5.41, 5.74) is 1.35. The summed E-state index contributed by atoms with van der Waals surface area (Å²) in [5.74, 6) is 0.202. The van der Waals surface area contributed by atoms with Gasteiger partial charge in [-0.1, -0.05) is 30.3 Å². The van der Waals surface area contributed by atoms with Gasteiger partial charge in [0.15, 0.2) is 6.04 Å². The molecular weight excluding hydrogens is 300 g/mol. The lowest BCUT2D eigenvalue weighted by molar-refractivity contribution is -0.918. The standard InChI is InChI=1S/C20H30N2O2/c1-17(22-12-6-3-7-13-22)19(23)21-16-20(10-14-24-15-11-20)18-8-4-2-5-9-18/h2,4-5,8-9,17H,3,6-7,10-16H2,1H3,(H,21,23)/p+1/t17-/m1/s1. The quantitative estimate of drug-likeness (QED) is 0.854. The zero-order valence-corrected chi connectivity index (χ0v) is 14.9. The maximum atomic E-state index is 12.7. The normalized spacial score (nSPS) is 22.7. The molecule has 4 heteroatoms. The molecule has 2 N–H and O–H groups in total. The van der Waals surface area contributed by atoms with E-state index in [0.717, 1.165) is 45.7 Å². The zero-order valence-electron chi connectivity index (χ0n) is 14.9. The van der Waals surface area contributed by atoms with Crippen molar-refractivity contribution in [1.82, 2.24) is 5.32 Å². The van der Waals surface area contributed by atoms with Crippen molar-refractivity contribution in [1.29, 1.82) is 0 Å². The lowest BCUT2D eigenvalue weighted by Crippen LogP contribution is -3.17. The molecule has 2 heterocycles. The Labute approximate surface area is 145 Å². The Morgan fingerprint density at radius 1 is 1.17 bits per heavy atom. The molecule has 2 saturated heterocycles. The van der Waals surface area contributed by atoms with E-state index in [1.165, 1.54) is 29.7 Å². The first-order chi connectivity index (χ1) is 11.7. The highest BCUT2D eigenvalue weighted by Gasteiger charge is 2.36. The van der Waals surface area contributed by atoms with Gasteiger partial charge in [-0.2, -0.15) is 0 Å². The lowest BCUT2D eigenvalue weighted by Gasteiger charge is -2.38. The van der Waals surface area contributed by atoms with Crippen molar-refractivity contribution in [2.24, 2.45) is 0 Å². The van der Waals surface area contributed by atoms with E-state index < -0.39 is 0 Å². The molecule has 0 saturated carbocycles. The van der Waals surface area contributed by atoms with Gasteiger partial charge in [-0.25, -0.2) is 0 Å². The lowest BCUT2D eigenvalue weighted by atomic mass is 9.74. The topological polar surface area (TPSA) is 42.8 Å². The van der Waals surface area contributed by atoms with Crippen LogP contribution >= 0.6 is 0 Å². The number of quaternary nitrogens is 1. The van der Waals surface area contributed by atoms with E-state index >= 15 is 0 Å². The molecule has 4 nitrogen and oxygen atoms in total. The highest BCUT2D eigenvalue weighted by Crippen LogP contribution is 2.34. The summed E-state index contributed by atoms with van der Waals surface area (Å²) in [6, 6.07) is 10.7. The maximum absolute atomic E-state index is 12.7. The van der Waals surface area contributed by atoms with Crippen molar-refractivity contribution < 1.29 is 14.4 Å². The van der Waals surface area contributed by atoms with E-state index in [1.807, 2.05) is 0 Å². The molecule has 1 aromatic rings. The second-order valence-electron chi connectivity index (χ2n) is 7.42. The van der Waals surface area contributed by atoms with Gasteiger partial charge < -0.3 is 15.0 Å². The Kier molecular flexibility index (Phi) is 5.90. The van der Waals surface area contributed by atoms with Gasteiger partial charge in [0, 0.05) is 25.2 Å². The average molecular weight is 331 g/mol. The molecule has 24 heavy (non-hydrogen) atoms. The summed E-state index contributed by atoms with van der Waals surface area (Å²) in [7, 11) is 0. The minimum atomic E-state index is 0.0200.